The fourth-order valence-electron chi connectivity index (χ4n) is 0.889. The first-order valence-corrected chi connectivity index (χ1v) is 3.41. The highest BCUT2D eigenvalue weighted by Gasteiger charge is 2.21. The minimum atomic E-state index is -1.23. The molecule has 5 heteroatoms. The minimum absolute atomic E-state index is 0.0255. The van der Waals surface area contributed by atoms with Gasteiger partial charge in [-0.15, -0.1) is 0 Å². The highest BCUT2D eigenvalue weighted by atomic mass is 16.4. The number of hydrogen-bond donors (Lipinski definition) is 2. The van der Waals surface area contributed by atoms with E-state index in [1.54, 1.807) is 0 Å². The van der Waals surface area contributed by atoms with Crippen LogP contribution in [-0.2, 0) is 5.72 Å². The number of carbonyl (C=O) groups is 1. The third-order valence-electron chi connectivity index (χ3n) is 1.45. The number of carboxylic acid groups (broad SMARTS) is 1. The summed E-state index contributed by atoms with van der Waals surface area (Å²) < 4.78 is 1.19. The van der Waals surface area contributed by atoms with Crippen LogP contribution in [0.5, 0.6) is 0 Å². The summed E-state index contributed by atoms with van der Waals surface area (Å²) in [6.07, 6.45) is 2.48. The fraction of sp³-hybridized carbons (Fsp3) is 0.429. The summed E-state index contributed by atoms with van der Waals surface area (Å²) in [6.45, 7) is 2.97. The van der Waals surface area contributed by atoms with Gasteiger partial charge in [-0.05, 0) is 13.8 Å². The molecule has 0 fully saturated rings. The van der Waals surface area contributed by atoms with Crippen molar-refractivity contribution in [3.63, 3.8) is 0 Å². The van der Waals surface area contributed by atoms with E-state index in [4.69, 9.17) is 5.11 Å². The molecule has 1 aromatic rings. The second-order valence-electron chi connectivity index (χ2n) is 2.95. The summed E-state index contributed by atoms with van der Waals surface area (Å²) >= 11 is 0. The fourth-order valence-corrected chi connectivity index (χ4v) is 0.889. The topological polar surface area (TPSA) is 75.3 Å². The van der Waals surface area contributed by atoms with Crippen molar-refractivity contribution in [3.8, 4) is 0 Å². The summed E-state index contributed by atoms with van der Waals surface area (Å²) in [7, 11) is 0. The van der Waals surface area contributed by atoms with Gasteiger partial charge in [-0.3, -0.25) is 4.57 Å². The van der Waals surface area contributed by atoms with Crippen molar-refractivity contribution < 1.29 is 15.0 Å². The summed E-state index contributed by atoms with van der Waals surface area (Å²) in [5.41, 5.74) is -1.26. The van der Waals surface area contributed by atoms with Crippen LogP contribution in [0.15, 0.2) is 12.5 Å². The number of rotatable bonds is 2. The van der Waals surface area contributed by atoms with Gasteiger partial charge in [0.15, 0.2) is 0 Å². The van der Waals surface area contributed by atoms with Crippen LogP contribution in [0.3, 0.4) is 0 Å². The normalized spacial score (nSPS) is 11.6. The first-order valence-electron chi connectivity index (χ1n) is 3.41. The average Bonchev–Trinajstić information content (AvgIpc) is 2.30. The zero-order valence-corrected chi connectivity index (χ0v) is 6.85. The molecule has 66 valence electrons. The number of carboxylic acids is 1. The van der Waals surface area contributed by atoms with Crippen LogP contribution >= 0.6 is 0 Å². The van der Waals surface area contributed by atoms with Gasteiger partial charge in [0, 0.05) is 0 Å². The molecular formula is C7H10N2O3. The second kappa shape index (κ2) is 2.60. The summed E-state index contributed by atoms with van der Waals surface area (Å²) in [6, 6.07) is 0. The Morgan fingerprint density at radius 2 is 2.25 bits per heavy atom. The van der Waals surface area contributed by atoms with E-state index in [9.17, 15) is 9.90 Å². The lowest BCUT2D eigenvalue weighted by Crippen LogP contribution is -2.27. The quantitative estimate of drug-likeness (QED) is 0.667. The van der Waals surface area contributed by atoms with Crippen LogP contribution in [0.25, 0.3) is 0 Å². The van der Waals surface area contributed by atoms with Gasteiger partial charge in [0.1, 0.15) is 11.4 Å². The molecule has 0 aromatic carbocycles. The molecular weight excluding hydrogens is 160 g/mol. The Morgan fingerprint density at radius 3 is 2.58 bits per heavy atom. The molecule has 0 aliphatic carbocycles. The number of imidazole rings is 1. The molecule has 1 aromatic heterocycles. The maximum Gasteiger partial charge on any atom is 0.354 e. The van der Waals surface area contributed by atoms with E-state index < -0.39 is 11.7 Å². The Kier molecular flexibility index (Phi) is 1.89. The summed E-state index contributed by atoms with van der Waals surface area (Å²) in [5, 5.41) is 18.1. The number of aromatic nitrogens is 2. The Labute approximate surface area is 69.3 Å². The highest BCUT2D eigenvalue weighted by molar-refractivity contribution is 5.85. The zero-order chi connectivity index (χ0) is 9.35. The van der Waals surface area contributed by atoms with E-state index in [0.29, 0.717) is 0 Å². The van der Waals surface area contributed by atoms with E-state index in [0.717, 1.165) is 0 Å². The van der Waals surface area contributed by atoms with Gasteiger partial charge < -0.3 is 10.2 Å². The van der Waals surface area contributed by atoms with Gasteiger partial charge >= 0.3 is 5.97 Å². The molecule has 0 spiro atoms. The third-order valence-corrected chi connectivity index (χ3v) is 1.45. The number of nitrogens with zero attached hydrogens (tertiary/aromatic N) is 2. The molecule has 0 amide bonds. The van der Waals surface area contributed by atoms with Crippen LogP contribution < -0.4 is 0 Å². The highest BCUT2D eigenvalue weighted by Crippen LogP contribution is 2.13. The van der Waals surface area contributed by atoms with Gasteiger partial charge in [-0.2, -0.15) is 0 Å². The lowest BCUT2D eigenvalue weighted by Gasteiger charge is -2.20. The lowest BCUT2D eigenvalue weighted by molar-refractivity contribution is -0.00235. The second-order valence-corrected chi connectivity index (χ2v) is 2.95. The lowest BCUT2D eigenvalue weighted by atomic mass is 10.3. The summed E-state index contributed by atoms with van der Waals surface area (Å²) in [5.74, 6) is -1.10. The van der Waals surface area contributed by atoms with Gasteiger partial charge in [-0.25, -0.2) is 9.78 Å². The van der Waals surface area contributed by atoms with Crippen LogP contribution in [0.4, 0.5) is 0 Å². The first kappa shape index (κ1) is 8.73. The number of aromatic carboxylic acids is 1. The van der Waals surface area contributed by atoms with Crippen LogP contribution in [0.2, 0.25) is 0 Å². The zero-order valence-electron chi connectivity index (χ0n) is 6.85. The molecule has 0 aliphatic rings. The van der Waals surface area contributed by atoms with Gasteiger partial charge in [0.05, 0.1) is 12.5 Å². The molecule has 0 unspecified atom stereocenters. The third kappa shape index (κ3) is 1.45. The van der Waals surface area contributed by atoms with E-state index in [1.165, 1.54) is 30.9 Å². The molecule has 0 aliphatic heterocycles. The predicted molar refractivity (Wildman–Crippen MR) is 40.7 cm³/mol. The Morgan fingerprint density at radius 1 is 1.67 bits per heavy atom. The molecule has 1 rings (SSSR count). The standard InChI is InChI=1S/C7H10N2O3/c1-7(2,12)9-4-8-3-5(9)6(10)11/h3-4,12H,1-2H3,(H,10,11). The van der Waals surface area contributed by atoms with Crippen molar-refractivity contribution in [2.24, 2.45) is 0 Å². The molecule has 0 atom stereocenters. The van der Waals surface area contributed by atoms with Crippen molar-refractivity contribution in [1.29, 1.82) is 0 Å². The molecule has 1 heterocycles. The molecule has 12 heavy (non-hydrogen) atoms. The first-order chi connectivity index (χ1) is 5.43. The molecule has 5 nitrogen and oxygen atoms in total. The van der Waals surface area contributed by atoms with Gasteiger partial charge in [0.25, 0.3) is 0 Å². The Hall–Kier alpha value is -1.36. The van der Waals surface area contributed by atoms with E-state index in [1.807, 2.05) is 0 Å². The molecule has 0 bridgehead atoms. The largest absolute Gasteiger partial charge is 0.477 e. The monoisotopic (exact) mass is 170 g/mol. The van der Waals surface area contributed by atoms with Crippen molar-refractivity contribution in [3.05, 3.63) is 18.2 Å². The predicted octanol–water partition coefficient (Wildman–Crippen LogP) is 0.266. The van der Waals surface area contributed by atoms with Crippen molar-refractivity contribution in [2.75, 3.05) is 0 Å². The van der Waals surface area contributed by atoms with Gasteiger partial charge in [0.2, 0.25) is 0 Å². The van der Waals surface area contributed by atoms with Crippen LogP contribution in [0, 0.1) is 0 Å². The van der Waals surface area contributed by atoms with E-state index >= 15 is 0 Å². The molecule has 0 radical (unpaired) electrons. The van der Waals surface area contributed by atoms with E-state index in [2.05, 4.69) is 4.98 Å². The number of hydrogen-bond acceptors (Lipinski definition) is 3. The van der Waals surface area contributed by atoms with Crippen LogP contribution in [0.1, 0.15) is 24.3 Å². The molecule has 0 saturated heterocycles. The molecule has 0 saturated carbocycles. The van der Waals surface area contributed by atoms with Crippen molar-refractivity contribution in [1.82, 2.24) is 9.55 Å². The van der Waals surface area contributed by atoms with E-state index in [-0.39, 0.29) is 5.69 Å². The summed E-state index contributed by atoms with van der Waals surface area (Å²) in [4.78, 5) is 14.2. The minimum Gasteiger partial charge on any atom is -0.477 e. The number of aliphatic hydroxyl groups is 1. The maximum atomic E-state index is 10.6. The SMILES string of the molecule is CC(C)(O)n1cncc1C(=O)O. The Bertz CT molecular complexity index is 298. The van der Waals surface area contributed by atoms with Crippen molar-refractivity contribution in [2.45, 2.75) is 19.6 Å². The van der Waals surface area contributed by atoms with Gasteiger partial charge in [-0.1, -0.05) is 0 Å². The van der Waals surface area contributed by atoms with Crippen LogP contribution in [-0.4, -0.2) is 25.7 Å². The Balaban J connectivity index is 3.17. The smallest absolute Gasteiger partial charge is 0.354 e. The maximum absolute atomic E-state index is 10.6. The van der Waals surface area contributed by atoms with Crippen molar-refractivity contribution >= 4 is 5.97 Å². The average molecular weight is 170 g/mol. The molecule has 2 N–H and O–H groups in total.